The fraction of sp³-hybridized carbons (Fsp3) is 0.333. The topological polar surface area (TPSA) is 93.9 Å². The molecule has 1 aliphatic rings. The number of carbonyl (C=O) groups is 1. The number of rotatable bonds is 4. The number of aromatic nitrogens is 2. The molecule has 27 heavy (non-hydrogen) atoms. The SMILES string of the molecule is N#Cc1nccnc1N1CCC(CNC(=O)Nc2ccc(Cl)c(Cl)c2)CC1. The van der Waals surface area contributed by atoms with Crippen molar-refractivity contribution in [2.24, 2.45) is 5.92 Å². The molecule has 0 spiro atoms. The monoisotopic (exact) mass is 404 g/mol. The highest BCUT2D eigenvalue weighted by Gasteiger charge is 2.22. The van der Waals surface area contributed by atoms with E-state index in [-0.39, 0.29) is 6.03 Å². The lowest BCUT2D eigenvalue weighted by Gasteiger charge is -2.32. The van der Waals surface area contributed by atoms with Crippen LogP contribution in [0, 0.1) is 17.2 Å². The van der Waals surface area contributed by atoms with Gasteiger partial charge in [0.1, 0.15) is 6.07 Å². The molecule has 2 heterocycles. The van der Waals surface area contributed by atoms with Crippen LogP contribution in [0.3, 0.4) is 0 Å². The molecular formula is C18H18Cl2N6O. The van der Waals surface area contributed by atoms with E-state index < -0.39 is 0 Å². The zero-order chi connectivity index (χ0) is 19.2. The highest BCUT2D eigenvalue weighted by molar-refractivity contribution is 6.42. The number of hydrogen-bond donors (Lipinski definition) is 2. The largest absolute Gasteiger partial charge is 0.354 e. The summed E-state index contributed by atoms with van der Waals surface area (Å²) in [5.74, 6) is 0.992. The molecule has 0 saturated carbocycles. The van der Waals surface area contributed by atoms with E-state index in [0.29, 0.717) is 39.7 Å². The molecule has 140 valence electrons. The number of halogens is 2. The molecule has 0 aliphatic carbocycles. The standard InChI is InChI=1S/C18H18Cl2N6O/c19-14-2-1-13(9-15(14)20)25-18(27)24-11-12-3-7-26(8-4-12)17-16(10-21)22-5-6-23-17/h1-2,5-6,9,12H,3-4,7-8,11H2,(H2,24,25,27). The summed E-state index contributed by atoms with van der Waals surface area (Å²) >= 11 is 11.8. The van der Waals surface area contributed by atoms with Crippen molar-refractivity contribution in [3.8, 4) is 6.07 Å². The van der Waals surface area contributed by atoms with Crippen LogP contribution in [-0.4, -0.2) is 35.6 Å². The Hall–Kier alpha value is -2.56. The van der Waals surface area contributed by atoms with Crippen LogP contribution in [0.1, 0.15) is 18.5 Å². The van der Waals surface area contributed by atoms with Crippen molar-refractivity contribution in [2.75, 3.05) is 29.9 Å². The number of piperidine rings is 1. The molecular weight excluding hydrogens is 387 g/mol. The second-order valence-electron chi connectivity index (χ2n) is 6.23. The van der Waals surface area contributed by atoms with Crippen LogP contribution in [0.25, 0.3) is 0 Å². The molecule has 1 aromatic heterocycles. The molecule has 0 radical (unpaired) electrons. The molecule has 1 fully saturated rings. The predicted octanol–water partition coefficient (Wildman–Crippen LogP) is 3.69. The number of benzene rings is 1. The van der Waals surface area contributed by atoms with E-state index in [0.717, 1.165) is 25.9 Å². The number of urea groups is 1. The van der Waals surface area contributed by atoms with Gasteiger partial charge >= 0.3 is 6.03 Å². The zero-order valence-corrected chi connectivity index (χ0v) is 16.0. The molecule has 2 N–H and O–H groups in total. The maximum absolute atomic E-state index is 12.1. The minimum absolute atomic E-state index is 0.281. The number of nitrogens with zero attached hydrogens (tertiary/aromatic N) is 4. The summed E-state index contributed by atoms with van der Waals surface area (Å²) in [6.07, 6.45) is 4.91. The van der Waals surface area contributed by atoms with E-state index in [2.05, 4.69) is 31.6 Å². The molecule has 1 aromatic carbocycles. The summed E-state index contributed by atoms with van der Waals surface area (Å²) in [6, 6.07) is 6.73. The van der Waals surface area contributed by atoms with Crippen molar-refractivity contribution in [1.29, 1.82) is 5.26 Å². The summed E-state index contributed by atoms with van der Waals surface area (Å²) in [5.41, 5.74) is 0.929. The van der Waals surface area contributed by atoms with Crippen molar-refractivity contribution in [1.82, 2.24) is 15.3 Å². The van der Waals surface area contributed by atoms with Gasteiger partial charge < -0.3 is 15.5 Å². The number of hydrogen-bond acceptors (Lipinski definition) is 5. The highest BCUT2D eigenvalue weighted by Crippen LogP contribution is 2.25. The lowest BCUT2D eigenvalue weighted by atomic mass is 9.97. The number of amides is 2. The predicted molar refractivity (Wildman–Crippen MR) is 105 cm³/mol. The maximum Gasteiger partial charge on any atom is 0.319 e. The third-order valence-corrected chi connectivity index (χ3v) is 5.17. The molecule has 0 atom stereocenters. The first kappa shape index (κ1) is 19.2. The van der Waals surface area contributed by atoms with Crippen molar-refractivity contribution in [3.63, 3.8) is 0 Å². The molecule has 1 saturated heterocycles. The smallest absolute Gasteiger partial charge is 0.319 e. The van der Waals surface area contributed by atoms with Gasteiger partial charge in [-0.1, -0.05) is 23.2 Å². The lowest BCUT2D eigenvalue weighted by molar-refractivity contribution is 0.248. The van der Waals surface area contributed by atoms with E-state index in [1.54, 1.807) is 24.4 Å². The van der Waals surface area contributed by atoms with E-state index in [1.165, 1.54) is 6.20 Å². The first-order valence-electron chi connectivity index (χ1n) is 8.53. The third kappa shape index (κ3) is 5.00. The molecule has 2 aromatic rings. The average Bonchev–Trinajstić information content (AvgIpc) is 2.69. The van der Waals surface area contributed by atoms with Gasteiger partial charge in [-0.25, -0.2) is 14.8 Å². The Morgan fingerprint density at radius 1 is 1.22 bits per heavy atom. The minimum Gasteiger partial charge on any atom is -0.354 e. The van der Waals surface area contributed by atoms with Gasteiger partial charge in [-0.05, 0) is 37.0 Å². The van der Waals surface area contributed by atoms with Gasteiger partial charge in [0.15, 0.2) is 11.5 Å². The fourth-order valence-corrected chi connectivity index (χ4v) is 3.27. The molecule has 7 nitrogen and oxygen atoms in total. The van der Waals surface area contributed by atoms with Crippen molar-refractivity contribution >= 4 is 40.7 Å². The van der Waals surface area contributed by atoms with E-state index in [9.17, 15) is 4.79 Å². The Morgan fingerprint density at radius 2 is 1.96 bits per heavy atom. The molecule has 3 rings (SSSR count). The van der Waals surface area contributed by atoms with Crippen LogP contribution < -0.4 is 15.5 Å². The first-order chi connectivity index (χ1) is 13.1. The highest BCUT2D eigenvalue weighted by atomic mass is 35.5. The number of carbonyl (C=O) groups excluding carboxylic acids is 1. The van der Waals surface area contributed by atoms with Crippen LogP contribution in [0.15, 0.2) is 30.6 Å². The lowest BCUT2D eigenvalue weighted by Crippen LogP contribution is -2.40. The normalized spacial score (nSPS) is 14.5. The Bertz CT molecular complexity index is 861. The minimum atomic E-state index is -0.281. The van der Waals surface area contributed by atoms with Crippen LogP contribution in [0.2, 0.25) is 10.0 Å². The summed E-state index contributed by atoms with van der Waals surface area (Å²) in [5, 5.41) is 15.6. The molecule has 0 bridgehead atoms. The maximum atomic E-state index is 12.1. The summed E-state index contributed by atoms with van der Waals surface area (Å²) in [7, 11) is 0. The summed E-state index contributed by atoms with van der Waals surface area (Å²) in [6.45, 7) is 2.12. The molecule has 9 heteroatoms. The van der Waals surface area contributed by atoms with Crippen LogP contribution >= 0.6 is 23.2 Å². The van der Waals surface area contributed by atoms with Gasteiger partial charge in [0.2, 0.25) is 0 Å². The Labute approximate surface area is 167 Å². The number of nitriles is 1. The summed E-state index contributed by atoms with van der Waals surface area (Å²) < 4.78 is 0. The fourth-order valence-electron chi connectivity index (χ4n) is 2.98. The number of anilines is 2. The van der Waals surface area contributed by atoms with Gasteiger partial charge in [0, 0.05) is 37.7 Å². The van der Waals surface area contributed by atoms with Crippen LogP contribution in [-0.2, 0) is 0 Å². The third-order valence-electron chi connectivity index (χ3n) is 4.43. The molecule has 0 unspecified atom stereocenters. The Morgan fingerprint density at radius 3 is 2.67 bits per heavy atom. The second kappa shape index (κ2) is 8.89. The van der Waals surface area contributed by atoms with E-state index in [1.807, 2.05) is 0 Å². The van der Waals surface area contributed by atoms with Crippen LogP contribution in [0.4, 0.5) is 16.3 Å². The Balaban J connectivity index is 1.46. The van der Waals surface area contributed by atoms with Gasteiger partial charge in [-0.3, -0.25) is 0 Å². The van der Waals surface area contributed by atoms with Crippen molar-refractivity contribution < 1.29 is 4.79 Å². The van der Waals surface area contributed by atoms with Gasteiger partial charge in [0.05, 0.1) is 10.0 Å². The second-order valence-corrected chi connectivity index (χ2v) is 7.05. The summed E-state index contributed by atoms with van der Waals surface area (Å²) in [4.78, 5) is 22.5. The Kier molecular flexibility index (Phi) is 6.32. The number of nitrogens with one attached hydrogen (secondary N) is 2. The van der Waals surface area contributed by atoms with Crippen LogP contribution in [0.5, 0.6) is 0 Å². The average molecular weight is 405 g/mol. The van der Waals surface area contributed by atoms with E-state index in [4.69, 9.17) is 28.5 Å². The van der Waals surface area contributed by atoms with Crippen molar-refractivity contribution in [3.05, 3.63) is 46.3 Å². The molecule has 2 amide bonds. The van der Waals surface area contributed by atoms with Gasteiger partial charge in [-0.15, -0.1) is 0 Å². The van der Waals surface area contributed by atoms with Gasteiger partial charge in [-0.2, -0.15) is 5.26 Å². The van der Waals surface area contributed by atoms with Crippen molar-refractivity contribution in [2.45, 2.75) is 12.8 Å². The zero-order valence-electron chi connectivity index (χ0n) is 14.5. The molecule has 1 aliphatic heterocycles. The quantitative estimate of drug-likeness (QED) is 0.809. The van der Waals surface area contributed by atoms with E-state index >= 15 is 0 Å². The first-order valence-corrected chi connectivity index (χ1v) is 9.28. The van der Waals surface area contributed by atoms with Gasteiger partial charge in [0.25, 0.3) is 0 Å².